The number of Topliss-reactive ketones (excluding diaryl/α,β-unsaturated/α-hetero) is 1. The van der Waals surface area contributed by atoms with E-state index < -0.39 is 17.7 Å². The molecule has 188 valence electrons. The summed E-state index contributed by atoms with van der Waals surface area (Å²) in [6.45, 7) is 4.61. The maximum absolute atomic E-state index is 13.5. The second-order valence-electron chi connectivity index (χ2n) is 9.59. The molecule has 1 amide bonds. The standard InChI is InChI=1S/C30H27ClN2O4/c1-18(2)17-37-22-8-6-7-19(15-22)28(34)26-27(24-16-32(3)25-10-5-4-9-23(24)25)33(30(36)29(26)35)21-13-11-20(31)12-14-21/h4-16,18,27,34H,17H2,1-3H3/b28-26+. The summed E-state index contributed by atoms with van der Waals surface area (Å²) in [5.74, 6) is -0.810. The molecule has 1 N–H and O–H groups in total. The number of fused-ring (bicyclic) bond motifs is 1. The van der Waals surface area contributed by atoms with Gasteiger partial charge in [0, 0.05) is 46.0 Å². The Balaban J connectivity index is 1.72. The predicted molar refractivity (Wildman–Crippen MR) is 146 cm³/mol. The van der Waals surface area contributed by atoms with Gasteiger partial charge in [0.2, 0.25) is 0 Å². The van der Waals surface area contributed by atoms with E-state index in [1.165, 1.54) is 4.90 Å². The third-order valence-corrected chi connectivity index (χ3v) is 6.71. The first-order valence-electron chi connectivity index (χ1n) is 12.1. The van der Waals surface area contributed by atoms with E-state index in [0.29, 0.717) is 34.5 Å². The Morgan fingerprint density at radius 3 is 2.49 bits per heavy atom. The second-order valence-corrected chi connectivity index (χ2v) is 10.0. The first-order chi connectivity index (χ1) is 17.8. The van der Waals surface area contributed by atoms with Crippen molar-refractivity contribution in [2.45, 2.75) is 19.9 Å². The van der Waals surface area contributed by atoms with Crippen LogP contribution in [0.2, 0.25) is 5.02 Å². The highest BCUT2D eigenvalue weighted by Crippen LogP contribution is 2.45. The molecule has 1 fully saturated rings. The van der Waals surface area contributed by atoms with E-state index in [0.717, 1.165) is 16.5 Å². The van der Waals surface area contributed by atoms with Gasteiger partial charge >= 0.3 is 0 Å². The van der Waals surface area contributed by atoms with Crippen molar-refractivity contribution in [3.8, 4) is 5.75 Å². The Morgan fingerprint density at radius 2 is 1.76 bits per heavy atom. The zero-order chi connectivity index (χ0) is 26.3. The van der Waals surface area contributed by atoms with Gasteiger partial charge in [0.15, 0.2) is 0 Å². The molecule has 4 aromatic rings. The van der Waals surface area contributed by atoms with Gasteiger partial charge in [-0.3, -0.25) is 14.5 Å². The molecule has 1 unspecified atom stereocenters. The molecule has 37 heavy (non-hydrogen) atoms. The number of halogens is 1. The first-order valence-corrected chi connectivity index (χ1v) is 12.5. The van der Waals surface area contributed by atoms with Crippen LogP contribution in [-0.2, 0) is 16.6 Å². The molecule has 7 heteroatoms. The number of ketones is 1. The minimum absolute atomic E-state index is 0.0253. The fourth-order valence-electron chi connectivity index (χ4n) is 4.74. The fraction of sp³-hybridized carbons (Fsp3) is 0.200. The smallest absolute Gasteiger partial charge is 0.300 e. The number of anilines is 1. The van der Waals surface area contributed by atoms with Crippen LogP contribution in [0.3, 0.4) is 0 Å². The molecule has 1 aromatic heterocycles. The number of carbonyl (C=O) groups excluding carboxylic acids is 2. The van der Waals surface area contributed by atoms with Crippen molar-refractivity contribution in [3.63, 3.8) is 0 Å². The van der Waals surface area contributed by atoms with Crippen LogP contribution in [0.1, 0.15) is 31.0 Å². The van der Waals surface area contributed by atoms with Gasteiger partial charge in [-0.1, -0.05) is 55.8 Å². The zero-order valence-electron chi connectivity index (χ0n) is 20.8. The number of hydrogen-bond donors (Lipinski definition) is 1. The molecule has 3 aromatic carbocycles. The van der Waals surface area contributed by atoms with Crippen LogP contribution >= 0.6 is 11.6 Å². The molecule has 0 saturated carbocycles. The van der Waals surface area contributed by atoms with Crippen LogP contribution in [0.15, 0.2) is 84.6 Å². The fourth-order valence-corrected chi connectivity index (χ4v) is 4.86. The number of hydrogen-bond acceptors (Lipinski definition) is 4. The quantitative estimate of drug-likeness (QED) is 0.181. The first kappa shape index (κ1) is 24.7. The Hall–Kier alpha value is -4.03. The lowest BCUT2D eigenvalue weighted by atomic mass is 9.94. The van der Waals surface area contributed by atoms with Crippen molar-refractivity contribution in [1.82, 2.24) is 4.57 Å². The Kier molecular flexibility index (Phi) is 6.52. The molecular formula is C30H27ClN2O4. The van der Waals surface area contributed by atoms with Crippen molar-refractivity contribution in [2.75, 3.05) is 11.5 Å². The molecule has 0 spiro atoms. The number of aryl methyl sites for hydroxylation is 1. The van der Waals surface area contributed by atoms with Crippen LogP contribution in [0, 0.1) is 5.92 Å². The molecule has 2 heterocycles. The summed E-state index contributed by atoms with van der Waals surface area (Å²) in [6, 6.07) is 20.6. The van der Waals surface area contributed by atoms with Crippen molar-refractivity contribution < 1.29 is 19.4 Å². The number of benzene rings is 3. The molecule has 6 nitrogen and oxygen atoms in total. The van der Waals surface area contributed by atoms with Crippen LogP contribution in [0.5, 0.6) is 5.75 Å². The van der Waals surface area contributed by atoms with Crippen molar-refractivity contribution in [2.24, 2.45) is 13.0 Å². The number of rotatable bonds is 6. The molecule has 1 atom stereocenters. The van der Waals surface area contributed by atoms with Gasteiger partial charge in [-0.25, -0.2) is 0 Å². The lowest BCUT2D eigenvalue weighted by molar-refractivity contribution is -0.132. The number of ether oxygens (including phenoxy) is 1. The van der Waals surface area contributed by atoms with E-state index in [2.05, 4.69) is 0 Å². The lowest BCUT2D eigenvalue weighted by Gasteiger charge is -2.25. The lowest BCUT2D eigenvalue weighted by Crippen LogP contribution is -2.29. The number of para-hydroxylation sites is 1. The van der Waals surface area contributed by atoms with Crippen molar-refractivity contribution >= 4 is 45.6 Å². The average molecular weight is 515 g/mol. The van der Waals surface area contributed by atoms with E-state index in [1.807, 2.05) is 55.9 Å². The van der Waals surface area contributed by atoms with Gasteiger partial charge in [0.25, 0.3) is 11.7 Å². The van der Waals surface area contributed by atoms with Crippen molar-refractivity contribution in [3.05, 3.63) is 101 Å². The summed E-state index contributed by atoms with van der Waals surface area (Å²) in [5.41, 5.74) is 2.62. The molecular weight excluding hydrogens is 488 g/mol. The summed E-state index contributed by atoms with van der Waals surface area (Å²) in [6.07, 6.45) is 1.90. The minimum Gasteiger partial charge on any atom is -0.507 e. The largest absolute Gasteiger partial charge is 0.507 e. The SMILES string of the molecule is CC(C)COc1cccc(/C(O)=C2\C(=O)C(=O)N(c3ccc(Cl)cc3)C2c2cn(C)c3ccccc23)c1. The highest BCUT2D eigenvalue weighted by atomic mass is 35.5. The average Bonchev–Trinajstić information content (AvgIpc) is 3.36. The van der Waals surface area contributed by atoms with E-state index in [1.54, 1.807) is 48.5 Å². The molecule has 1 aliphatic rings. The molecule has 1 saturated heterocycles. The normalized spacial score (nSPS) is 17.2. The zero-order valence-corrected chi connectivity index (χ0v) is 21.6. The predicted octanol–water partition coefficient (Wildman–Crippen LogP) is 6.49. The van der Waals surface area contributed by atoms with Crippen LogP contribution in [-0.4, -0.2) is 28.0 Å². The highest BCUT2D eigenvalue weighted by molar-refractivity contribution is 6.52. The maximum atomic E-state index is 13.5. The van der Waals surface area contributed by atoms with Gasteiger partial charge in [-0.05, 0) is 48.4 Å². The molecule has 1 aliphatic heterocycles. The van der Waals surface area contributed by atoms with Gasteiger partial charge in [-0.2, -0.15) is 0 Å². The van der Waals surface area contributed by atoms with Gasteiger partial charge in [0.1, 0.15) is 11.5 Å². The number of carbonyl (C=O) groups is 2. The second kappa shape index (κ2) is 9.79. The van der Waals surface area contributed by atoms with Gasteiger partial charge in [0.05, 0.1) is 18.2 Å². The Bertz CT molecular complexity index is 1530. The minimum atomic E-state index is -0.840. The van der Waals surface area contributed by atoms with Crippen LogP contribution < -0.4 is 9.64 Å². The Labute approximate surface area is 220 Å². The summed E-state index contributed by atoms with van der Waals surface area (Å²) in [4.78, 5) is 28.4. The summed E-state index contributed by atoms with van der Waals surface area (Å²) in [5, 5.41) is 12.9. The number of aliphatic hydroxyl groups is 1. The van der Waals surface area contributed by atoms with E-state index in [4.69, 9.17) is 16.3 Å². The summed E-state index contributed by atoms with van der Waals surface area (Å²) in [7, 11) is 1.91. The topological polar surface area (TPSA) is 71.8 Å². The summed E-state index contributed by atoms with van der Waals surface area (Å²) < 4.78 is 7.78. The maximum Gasteiger partial charge on any atom is 0.300 e. The van der Waals surface area contributed by atoms with Crippen molar-refractivity contribution in [1.29, 1.82) is 0 Å². The summed E-state index contributed by atoms with van der Waals surface area (Å²) >= 11 is 6.10. The Morgan fingerprint density at radius 1 is 1.03 bits per heavy atom. The molecule has 0 aliphatic carbocycles. The van der Waals surface area contributed by atoms with E-state index in [9.17, 15) is 14.7 Å². The number of aliphatic hydroxyl groups excluding tert-OH is 1. The van der Waals surface area contributed by atoms with Gasteiger partial charge < -0.3 is 14.4 Å². The third kappa shape index (κ3) is 4.49. The molecule has 0 bridgehead atoms. The monoisotopic (exact) mass is 514 g/mol. The number of nitrogens with zero attached hydrogens (tertiary/aromatic N) is 2. The third-order valence-electron chi connectivity index (χ3n) is 6.46. The number of aromatic nitrogens is 1. The number of amides is 1. The highest BCUT2D eigenvalue weighted by Gasteiger charge is 2.47. The van der Waals surface area contributed by atoms with Crippen LogP contribution in [0.25, 0.3) is 16.7 Å². The van der Waals surface area contributed by atoms with Gasteiger partial charge in [-0.15, -0.1) is 0 Å². The van der Waals surface area contributed by atoms with E-state index >= 15 is 0 Å². The molecule has 5 rings (SSSR count). The van der Waals surface area contributed by atoms with E-state index in [-0.39, 0.29) is 11.3 Å². The van der Waals surface area contributed by atoms with Crippen LogP contribution in [0.4, 0.5) is 5.69 Å². The molecule has 0 radical (unpaired) electrons.